The van der Waals surface area contributed by atoms with Crippen molar-refractivity contribution in [3.8, 4) is 0 Å². The molecular weight excluding hydrogens is 346 g/mol. The van der Waals surface area contributed by atoms with Gasteiger partial charge < -0.3 is 10.0 Å². The summed E-state index contributed by atoms with van der Waals surface area (Å²) in [5.41, 5.74) is -0.448. The van der Waals surface area contributed by atoms with Gasteiger partial charge in [-0.25, -0.2) is 12.7 Å². The Hall–Kier alpha value is -2.00. The molecule has 2 fully saturated rings. The molecule has 2 aliphatic heterocycles. The molecule has 0 aromatic carbocycles. The molecule has 1 amide bonds. The van der Waals surface area contributed by atoms with Gasteiger partial charge in [-0.3, -0.25) is 14.6 Å². The van der Waals surface area contributed by atoms with E-state index in [4.69, 9.17) is 0 Å². The Morgan fingerprint density at radius 1 is 1.36 bits per heavy atom. The van der Waals surface area contributed by atoms with Gasteiger partial charge in [-0.05, 0) is 18.6 Å². The van der Waals surface area contributed by atoms with Crippen LogP contribution in [-0.4, -0.2) is 71.5 Å². The molecule has 1 N–H and O–H groups in total. The molecule has 25 heavy (non-hydrogen) atoms. The number of carbonyl (C=O) groups is 2. The number of rotatable bonds is 5. The average molecular weight is 367 g/mol. The van der Waals surface area contributed by atoms with Crippen LogP contribution in [0, 0.1) is 11.3 Å². The van der Waals surface area contributed by atoms with Crippen LogP contribution in [0.5, 0.6) is 0 Å². The zero-order chi connectivity index (χ0) is 18.2. The van der Waals surface area contributed by atoms with Gasteiger partial charge in [0.15, 0.2) is 0 Å². The number of amides is 1. The van der Waals surface area contributed by atoms with E-state index in [9.17, 15) is 23.1 Å². The SMILES string of the molecule is CCS(=O)(=O)N1C[C@@H]2CN(C(=O)Cc3cccnc3)C[C@]2(C(=O)O)C1. The fourth-order valence-corrected chi connectivity index (χ4v) is 4.89. The number of carboxylic acids is 1. The molecule has 2 aliphatic rings. The molecule has 0 saturated carbocycles. The van der Waals surface area contributed by atoms with Crippen LogP contribution in [0.3, 0.4) is 0 Å². The van der Waals surface area contributed by atoms with Crippen LogP contribution < -0.4 is 0 Å². The smallest absolute Gasteiger partial charge is 0.313 e. The highest BCUT2D eigenvalue weighted by Gasteiger charge is 2.60. The highest BCUT2D eigenvalue weighted by atomic mass is 32.2. The Bertz CT molecular complexity index is 782. The topological polar surface area (TPSA) is 108 Å². The van der Waals surface area contributed by atoms with Crippen LogP contribution in [-0.2, 0) is 26.0 Å². The number of likely N-dealkylation sites (tertiary alicyclic amines) is 1. The molecule has 2 atom stereocenters. The van der Waals surface area contributed by atoms with Crippen LogP contribution in [0.15, 0.2) is 24.5 Å². The first-order chi connectivity index (χ1) is 11.8. The number of carbonyl (C=O) groups excluding carboxylic acids is 1. The Morgan fingerprint density at radius 3 is 2.68 bits per heavy atom. The van der Waals surface area contributed by atoms with E-state index in [2.05, 4.69) is 4.98 Å². The molecule has 9 heteroatoms. The molecule has 3 rings (SSSR count). The van der Waals surface area contributed by atoms with Gasteiger partial charge in [0.25, 0.3) is 0 Å². The minimum absolute atomic E-state index is 0.0435. The van der Waals surface area contributed by atoms with Gasteiger partial charge in [-0.1, -0.05) is 6.07 Å². The number of sulfonamides is 1. The van der Waals surface area contributed by atoms with E-state index in [0.29, 0.717) is 0 Å². The number of aliphatic carboxylic acids is 1. The van der Waals surface area contributed by atoms with Crippen molar-refractivity contribution in [1.29, 1.82) is 0 Å². The van der Waals surface area contributed by atoms with Gasteiger partial charge in [0.05, 0.1) is 12.2 Å². The van der Waals surface area contributed by atoms with Crippen molar-refractivity contribution in [2.45, 2.75) is 13.3 Å². The van der Waals surface area contributed by atoms with Crippen molar-refractivity contribution in [3.63, 3.8) is 0 Å². The van der Waals surface area contributed by atoms with E-state index in [-0.39, 0.29) is 50.2 Å². The molecule has 0 unspecified atom stereocenters. The van der Waals surface area contributed by atoms with Crippen LogP contribution in [0.25, 0.3) is 0 Å². The monoisotopic (exact) mass is 367 g/mol. The first-order valence-electron chi connectivity index (χ1n) is 8.16. The second-order valence-corrected chi connectivity index (χ2v) is 8.92. The van der Waals surface area contributed by atoms with E-state index in [1.165, 1.54) is 4.31 Å². The second-order valence-electron chi connectivity index (χ2n) is 6.66. The minimum Gasteiger partial charge on any atom is -0.481 e. The Kier molecular flexibility index (Phi) is 4.54. The lowest BCUT2D eigenvalue weighted by Gasteiger charge is -2.25. The minimum atomic E-state index is -3.44. The maximum absolute atomic E-state index is 12.5. The van der Waals surface area contributed by atoms with Gasteiger partial charge in [0, 0.05) is 44.5 Å². The summed E-state index contributed by atoms with van der Waals surface area (Å²) in [5.74, 6) is -1.64. The number of nitrogens with zero attached hydrogens (tertiary/aromatic N) is 3. The molecule has 1 aromatic rings. The summed E-state index contributed by atoms with van der Waals surface area (Å²) in [6.45, 7) is 1.93. The third-order valence-corrected chi connectivity index (χ3v) is 6.99. The van der Waals surface area contributed by atoms with Gasteiger partial charge in [0.2, 0.25) is 15.9 Å². The number of hydrogen-bond acceptors (Lipinski definition) is 5. The maximum Gasteiger partial charge on any atom is 0.313 e. The van der Waals surface area contributed by atoms with Crippen molar-refractivity contribution < 1.29 is 23.1 Å². The Balaban J connectivity index is 1.76. The molecule has 0 spiro atoms. The van der Waals surface area contributed by atoms with E-state index < -0.39 is 21.4 Å². The molecule has 0 aliphatic carbocycles. The molecule has 1 aromatic heterocycles. The maximum atomic E-state index is 12.5. The highest BCUT2D eigenvalue weighted by Crippen LogP contribution is 2.43. The molecule has 8 nitrogen and oxygen atoms in total. The summed E-state index contributed by atoms with van der Waals surface area (Å²) in [4.78, 5) is 30.0. The number of pyridine rings is 1. The van der Waals surface area contributed by atoms with Crippen LogP contribution in [0.1, 0.15) is 12.5 Å². The van der Waals surface area contributed by atoms with Crippen molar-refractivity contribution >= 4 is 21.9 Å². The third-order valence-electron chi connectivity index (χ3n) is 5.19. The van der Waals surface area contributed by atoms with Gasteiger partial charge in [0.1, 0.15) is 5.41 Å². The van der Waals surface area contributed by atoms with Crippen LogP contribution in [0.4, 0.5) is 0 Å². The fraction of sp³-hybridized carbons (Fsp3) is 0.562. The second kappa shape index (κ2) is 6.38. The quantitative estimate of drug-likeness (QED) is 0.773. The van der Waals surface area contributed by atoms with Crippen LogP contribution in [0.2, 0.25) is 0 Å². The number of aromatic nitrogens is 1. The predicted octanol–water partition coefficient (Wildman–Crippen LogP) is -0.181. The van der Waals surface area contributed by atoms with Crippen molar-refractivity contribution in [3.05, 3.63) is 30.1 Å². The van der Waals surface area contributed by atoms with Crippen molar-refractivity contribution in [1.82, 2.24) is 14.2 Å². The summed E-state index contributed by atoms with van der Waals surface area (Å²) in [7, 11) is -3.44. The van der Waals surface area contributed by atoms with E-state index in [1.807, 2.05) is 0 Å². The fourth-order valence-electron chi connectivity index (χ4n) is 3.70. The summed E-state index contributed by atoms with van der Waals surface area (Å²) in [6, 6.07) is 3.54. The summed E-state index contributed by atoms with van der Waals surface area (Å²) >= 11 is 0. The third kappa shape index (κ3) is 3.13. The number of fused-ring (bicyclic) bond motifs is 1. The van der Waals surface area contributed by atoms with E-state index >= 15 is 0 Å². The Morgan fingerprint density at radius 2 is 2.12 bits per heavy atom. The first-order valence-corrected chi connectivity index (χ1v) is 9.77. The van der Waals surface area contributed by atoms with Crippen molar-refractivity contribution in [2.24, 2.45) is 11.3 Å². The normalized spacial score (nSPS) is 26.6. The van der Waals surface area contributed by atoms with E-state index in [0.717, 1.165) is 5.56 Å². The Labute approximate surface area is 146 Å². The lowest BCUT2D eigenvalue weighted by Crippen LogP contribution is -2.43. The summed E-state index contributed by atoms with van der Waals surface area (Å²) in [5, 5.41) is 9.75. The molecular formula is C16H21N3O5S. The first kappa shape index (κ1) is 17.8. The van der Waals surface area contributed by atoms with Crippen molar-refractivity contribution in [2.75, 3.05) is 31.9 Å². The standard InChI is InChI=1S/C16H21N3O5S/c1-2-25(23,24)19-9-13-8-18(10-16(13,11-19)15(21)22)14(20)6-12-4-3-5-17-7-12/h3-5,7,13H,2,6,8-11H2,1H3,(H,21,22)/t13-,16-/m0/s1. The molecule has 0 bridgehead atoms. The van der Waals surface area contributed by atoms with Gasteiger partial charge >= 0.3 is 5.97 Å². The lowest BCUT2D eigenvalue weighted by atomic mass is 9.81. The lowest BCUT2D eigenvalue weighted by molar-refractivity contribution is -0.148. The zero-order valence-corrected chi connectivity index (χ0v) is 14.8. The molecule has 3 heterocycles. The molecule has 136 valence electrons. The van der Waals surface area contributed by atoms with Crippen LogP contribution >= 0.6 is 0 Å². The molecule has 2 saturated heterocycles. The van der Waals surface area contributed by atoms with E-state index in [1.54, 1.807) is 36.4 Å². The summed E-state index contributed by atoms with van der Waals surface area (Å²) in [6.07, 6.45) is 3.39. The predicted molar refractivity (Wildman–Crippen MR) is 89.1 cm³/mol. The summed E-state index contributed by atoms with van der Waals surface area (Å²) < 4.78 is 25.5. The number of hydrogen-bond donors (Lipinski definition) is 1. The molecule has 0 radical (unpaired) electrons. The largest absolute Gasteiger partial charge is 0.481 e. The number of carboxylic acid groups (broad SMARTS) is 1. The zero-order valence-electron chi connectivity index (χ0n) is 14.0. The highest BCUT2D eigenvalue weighted by molar-refractivity contribution is 7.89. The average Bonchev–Trinajstić information content (AvgIpc) is 3.11. The van der Waals surface area contributed by atoms with Gasteiger partial charge in [-0.15, -0.1) is 0 Å². The van der Waals surface area contributed by atoms with Gasteiger partial charge in [-0.2, -0.15) is 0 Å².